The Balaban J connectivity index is 2.81. The first kappa shape index (κ1) is 10.8. The summed E-state index contributed by atoms with van der Waals surface area (Å²) in [6, 6.07) is 5.61. The van der Waals surface area contributed by atoms with Gasteiger partial charge in [0.25, 0.3) is 5.91 Å². The summed E-state index contributed by atoms with van der Waals surface area (Å²) in [4.78, 5) is 11.1. The molecule has 14 heavy (non-hydrogen) atoms. The molecule has 3 heteroatoms. The van der Waals surface area contributed by atoms with Gasteiger partial charge in [-0.3, -0.25) is 4.79 Å². The van der Waals surface area contributed by atoms with Gasteiger partial charge in [-0.25, -0.2) is 0 Å². The first-order valence-corrected chi connectivity index (χ1v) is 4.92. The summed E-state index contributed by atoms with van der Waals surface area (Å²) in [6.07, 6.45) is 0. The number of carbonyl (C=O) groups is 1. The lowest BCUT2D eigenvalue weighted by molar-refractivity contribution is -0.111. The van der Waals surface area contributed by atoms with Crippen molar-refractivity contribution in [2.45, 2.75) is 13.8 Å². The van der Waals surface area contributed by atoms with E-state index in [1.807, 2.05) is 25.1 Å². The van der Waals surface area contributed by atoms with Crippen molar-refractivity contribution >= 4 is 27.5 Å². The highest BCUT2D eigenvalue weighted by Crippen LogP contribution is 2.19. The second kappa shape index (κ2) is 4.83. The summed E-state index contributed by atoms with van der Waals surface area (Å²) in [5.74, 6) is 4.68. The summed E-state index contributed by atoms with van der Waals surface area (Å²) < 4.78 is 1.03. The Bertz CT molecular complexity index is 415. The minimum absolute atomic E-state index is 0.283. The Labute approximate surface area is 91.8 Å². The van der Waals surface area contributed by atoms with Crippen molar-refractivity contribution in [1.82, 2.24) is 0 Å². The molecular formula is C11H10BrNO. The number of rotatable bonds is 1. The second-order valence-electron chi connectivity index (χ2n) is 2.79. The van der Waals surface area contributed by atoms with Crippen LogP contribution in [0.25, 0.3) is 0 Å². The molecule has 1 rings (SSSR count). The Kier molecular flexibility index (Phi) is 3.73. The Morgan fingerprint density at radius 1 is 1.50 bits per heavy atom. The van der Waals surface area contributed by atoms with Gasteiger partial charge in [0.1, 0.15) is 0 Å². The molecule has 1 N–H and O–H groups in total. The molecule has 0 aliphatic carbocycles. The van der Waals surface area contributed by atoms with Crippen LogP contribution in [-0.2, 0) is 4.79 Å². The van der Waals surface area contributed by atoms with Gasteiger partial charge >= 0.3 is 0 Å². The minimum atomic E-state index is -0.283. The van der Waals surface area contributed by atoms with E-state index >= 15 is 0 Å². The van der Waals surface area contributed by atoms with E-state index in [0.29, 0.717) is 0 Å². The molecule has 0 heterocycles. The molecule has 0 radical (unpaired) electrons. The van der Waals surface area contributed by atoms with E-state index in [0.717, 1.165) is 15.7 Å². The van der Waals surface area contributed by atoms with E-state index < -0.39 is 0 Å². The maximum absolute atomic E-state index is 11.1. The first-order chi connectivity index (χ1) is 6.63. The van der Waals surface area contributed by atoms with E-state index in [1.165, 1.54) is 0 Å². The quantitative estimate of drug-likeness (QED) is 0.765. The lowest BCUT2D eigenvalue weighted by atomic mass is 10.2. The predicted octanol–water partition coefficient (Wildman–Crippen LogP) is 2.72. The Morgan fingerprint density at radius 3 is 2.79 bits per heavy atom. The van der Waals surface area contributed by atoms with Crippen LogP contribution in [0, 0.1) is 18.8 Å². The van der Waals surface area contributed by atoms with Crippen molar-refractivity contribution in [2.24, 2.45) is 0 Å². The molecule has 0 unspecified atom stereocenters. The van der Waals surface area contributed by atoms with Gasteiger partial charge in [-0.1, -0.05) is 21.9 Å². The molecule has 0 aliphatic heterocycles. The third-order valence-electron chi connectivity index (χ3n) is 1.65. The Morgan fingerprint density at radius 2 is 2.21 bits per heavy atom. The first-order valence-electron chi connectivity index (χ1n) is 4.13. The third kappa shape index (κ3) is 2.90. The number of amides is 1. The smallest absolute Gasteiger partial charge is 0.300 e. The van der Waals surface area contributed by atoms with Crippen LogP contribution in [0.5, 0.6) is 0 Å². The zero-order chi connectivity index (χ0) is 10.6. The largest absolute Gasteiger partial charge is 0.315 e. The van der Waals surface area contributed by atoms with Gasteiger partial charge in [0.15, 0.2) is 0 Å². The molecule has 1 aromatic rings. The highest BCUT2D eigenvalue weighted by Gasteiger charge is 1.99. The van der Waals surface area contributed by atoms with Crippen molar-refractivity contribution in [3.8, 4) is 11.8 Å². The maximum atomic E-state index is 11.1. The van der Waals surface area contributed by atoms with Crippen molar-refractivity contribution in [3.05, 3.63) is 28.2 Å². The van der Waals surface area contributed by atoms with Gasteiger partial charge in [0.05, 0.1) is 0 Å². The summed E-state index contributed by atoms with van der Waals surface area (Å²) in [7, 11) is 0. The third-order valence-corrected chi connectivity index (χ3v) is 2.54. The number of hydrogen-bond acceptors (Lipinski definition) is 1. The van der Waals surface area contributed by atoms with Gasteiger partial charge in [-0.2, -0.15) is 0 Å². The molecule has 0 spiro atoms. The second-order valence-corrected chi connectivity index (χ2v) is 3.65. The molecule has 0 fully saturated rings. The molecule has 0 atom stereocenters. The van der Waals surface area contributed by atoms with Crippen LogP contribution in [-0.4, -0.2) is 5.91 Å². The van der Waals surface area contributed by atoms with Gasteiger partial charge in [-0.05, 0) is 43.5 Å². The molecular weight excluding hydrogens is 242 g/mol. The highest BCUT2D eigenvalue weighted by atomic mass is 79.9. The Hall–Kier alpha value is -1.27. The van der Waals surface area contributed by atoms with Crippen LogP contribution in [0.4, 0.5) is 5.69 Å². The van der Waals surface area contributed by atoms with E-state index in [2.05, 4.69) is 33.1 Å². The van der Waals surface area contributed by atoms with Crippen LogP contribution in [0.15, 0.2) is 22.7 Å². The molecule has 72 valence electrons. The van der Waals surface area contributed by atoms with Crippen LogP contribution >= 0.6 is 15.9 Å². The van der Waals surface area contributed by atoms with E-state index in [-0.39, 0.29) is 5.91 Å². The predicted molar refractivity (Wildman–Crippen MR) is 61.0 cm³/mol. The molecule has 0 aromatic heterocycles. The zero-order valence-electron chi connectivity index (χ0n) is 8.02. The van der Waals surface area contributed by atoms with Gasteiger partial charge < -0.3 is 5.32 Å². The standard InChI is InChI=1S/C11H10BrNO/c1-3-4-11(14)13-9-5-6-10(12)8(2)7-9/h5-7H,1-2H3,(H,13,14). The number of aryl methyl sites for hydroxylation is 1. The average molecular weight is 252 g/mol. The zero-order valence-corrected chi connectivity index (χ0v) is 9.60. The van der Waals surface area contributed by atoms with Gasteiger partial charge in [-0.15, -0.1) is 0 Å². The lowest BCUT2D eigenvalue weighted by Crippen LogP contribution is -2.08. The van der Waals surface area contributed by atoms with Crippen LogP contribution in [0.2, 0.25) is 0 Å². The number of halogens is 1. The fraction of sp³-hybridized carbons (Fsp3) is 0.182. The lowest BCUT2D eigenvalue weighted by Gasteiger charge is -2.03. The van der Waals surface area contributed by atoms with Crippen molar-refractivity contribution < 1.29 is 4.79 Å². The topological polar surface area (TPSA) is 29.1 Å². The molecule has 0 saturated heterocycles. The van der Waals surface area contributed by atoms with E-state index in [9.17, 15) is 4.79 Å². The van der Waals surface area contributed by atoms with E-state index in [1.54, 1.807) is 6.92 Å². The van der Waals surface area contributed by atoms with Crippen molar-refractivity contribution in [3.63, 3.8) is 0 Å². The summed E-state index contributed by atoms with van der Waals surface area (Å²) in [5.41, 5.74) is 1.84. The normalized spacial score (nSPS) is 8.79. The minimum Gasteiger partial charge on any atom is -0.315 e. The number of benzene rings is 1. The van der Waals surface area contributed by atoms with E-state index in [4.69, 9.17) is 0 Å². The maximum Gasteiger partial charge on any atom is 0.300 e. The number of hydrogen-bond donors (Lipinski definition) is 1. The fourth-order valence-electron chi connectivity index (χ4n) is 0.998. The molecule has 1 amide bonds. The average Bonchev–Trinajstić information content (AvgIpc) is 2.12. The molecule has 2 nitrogen and oxygen atoms in total. The molecule has 0 saturated carbocycles. The monoisotopic (exact) mass is 251 g/mol. The fourth-order valence-corrected chi connectivity index (χ4v) is 1.24. The number of carbonyl (C=O) groups excluding carboxylic acids is 1. The van der Waals surface area contributed by atoms with Crippen LogP contribution in [0.1, 0.15) is 12.5 Å². The molecule has 1 aromatic carbocycles. The van der Waals surface area contributed by atoms with Crippen LogP contribution < -0.4 is 5.32 Å². The number of anilines is 1. The summed E-state index contributed by atoms with van der Waals surface area (Å²) in [5, 5.41) is 2.68. The molecule has 0 bridgehead atoms. The molecule has 0 aliphatic rings. The summed E-state index contributed by atoms with van der Waals surface area (Å²) >= 11 is 3.39. The van der Waals surface area contributed by atoms with Crippen molar-refractivity contribution in [1.29, 1.82) is 0 Å². The summed E-state index contributed by atoms with van der Waals surface area (Å²) in [6.45, 7) is 3.59. The highest BCUT2D eigenvalue weighted by molar-refractivity contribution is 9.10. The SMILES string of the molecule is CC#CC(=O)Nc1ccc(Br)c(C)c1. The van der Waals surface area contributed by atoms with Gasteiger partial charge in [0.2, 0.25) is 0 Å². The van der Waals surface area contributed by atoms with Gasteiger partial charge in [0, 0.05) is 10.2 Å². The number of nitrogens with one attached hydrogen (secondary N) is 1. The van der Waals surface area contributed by atoms with Crippen molar-refractivity contribution in [2.75, 3.05) is 5.32 Å². The van der Waals surface area contributed by atoms with Crippen LogP contribution in [0.3, 0.4) is 0 Å².